The standard InChI is InChI=1S/C22H25.C20H21.C2H6Si.2ClH.Zr/c1-15(2)18-13-17-7-6-8-20(21(17)14-18)16-9-11-19(12-10-16)22(3,4)5;1-14-12-16-6-5-7-18(19(16)13-14)15-8-10-17(11-9-15)20(2,3)4;1-3-2;;;/h6-15H,1-5H3;5-13H,1-4H3;1-2H3;2*1H;/q2*-1;;;;+2. The first kappa shape index (κ1) is 43.8. The number of benzene rings is 4. The molecule has 6 aromatic rings. The summed E-state index contributed by atoms with van der Waals surface area (Å²) >= 11 is 0. The SMILES string of the molecule is CC(C)c1cc2c(-c3ccc(C(C)(C)C)cc3)cccc2[cH-]1.C[Si]C.Cc1cc2c(-c3ccc(C(C)(C)C)cc3)cccc2[cH-]1.Cl.Cl.[Zr+2]. The molecule has 0 N–H and O–H groups in total. The van der Waals surface area contributed by atoms with Crippen molar-refractivity contribution in [1.29, 1.82) is 0 Å². The summed E-state index contributed by atoms with van der Waals surface area (Å²) in [6.45, 7) is 24.5. The summed E-state index contributed by atoms with van der Waals surface area (Å²) in [5, 5.41) is 5.41. The van der Waals surface area contributed by atoms with Gasteiger partial charge in [0.05, 0.1) is 0 Å². The van der Waals surface area contributed by atoms with Crippen molar-refractivity contribution in [2.75, 3.05) is 0 Å². The molecule has 6 aromatic carbocycles. The zero-order valence-electron chi connectivity index (χ0n) is 30.8. The maximum Gasteiger partial charge on any atom is 2.00 e. The predicted octanol–water partition coefficient (Wildman–Crippen LogP) is 14.1. The number of hydrogen-bond donors (Lipinski definition) is 0. The molecule has 6 rings (SSSR count). The molecule has 0 unspecified atom stereocenters. The number of rotatable bonds is 3. The third kappa shape index (κ3) is 10.9. The van der Waals surface area contributed by atoms with Gasteiger partial charge in [0.1, 0.15) is 0 Å². The molecule has 252 valence electrons. The second kappa shape index (κ2) is 18.7. The summed E-state index contributed by atoms with van der Waals surface area (Å²) in [4.78, 5) is 0. The molecule has 0 aliphatic rings. The molecule has 0 bridgehead atoms. The minimum atomic E-state index is 0. The van der Waals surface area contributed by atoms with Gasteiger partial charge in [0.15, 0.2) is 0 Å². The van der Waals surface area contributed by atoms with E-state index in [1.807, 2.05) is 0 Å². The van der Waals surface area contributed by atoms with Crippen LogP contribution in [0, 0.1) is 6.92 Å². The topological polar surface area (TPSA) is 0 Å². The number of halogens is 2. The van der Waals surface area contributed by atoms with Gasteiger partial charge in [0.2, 0.25) is 0 Å². The van der Waals surface area contributed by atoms with Crippen LogP contribution in [0.25, 0.3) is 43.8 Å². The van der Waals surface area contributed by atoms with Gasteiger partial charge in [0.25, 0.3) is 0 Å². The fourth-order valence-corrected chi connectivity index (χ4v) is 5.78. The first-order valence-electron chi connectivity index (χ1n) is 16.4. The van der Waals surface area contributed by atoms with Crippen LogP contribution < -0.4 is 0 Å². The normalized spacial score (nSPS) is 11.0. The Labute approximate surface area is 325 Å². The van der Waals surface area contributed by atoms with Gasteiger partial charge in [0, 0.05) is 9.52 Å². The molecule has 0 saturated heterocycles. The van der Waals surface area contributed by atoms with Gasteiger partial charge < -0.3 is 0 Å². The van der Waals surface area contributed by atoms with Gasteiger partial charge in [-0.15, -0.1) is 93.9 Å². The van der Waals surface area contributed by atoms with E-state index in [0.29, 0.717) is 5.92 Å². The van der Waals surface area contributed by atoms with Crippen molar-refractivity contribution in [2.24, 2.45) is 0 Å². The van der Waals surface area contributed by atoms with E-state index in [1.165, 1.54) is 66.1 Å². The van der Waals surface area contributed by atoms with Crippen molar-refractivity contribution in [3.63, 3.8) is 0 Å². The molecule has 0 aliphatic carbocycles. The summed E-state index contributed by atoms with van der Waals surface area (Å²) in [6, 6.07) is 40.4. The van der Waals surface area contributed by atoms with E-state index in [9.17, 15) is 0 Å². The fourth-order valence-electron chi connectivity index (χ4n) is 5.78. The monoisotopic (exact) mass is 770 g/mol. The molecule has 0 fully saturated rings. The smallest absolute Gasteiger partial charge is 0.165 e. The quantitative estimate of drug-likeness (QED) is 0.124. The van der Waals surface area contributed by atoms with E-state index in [4.69, 9.17) is 0 Å². The van der Waals surface area contributed by atoms with Crippen molar-refractivity contribution in [2.45, 2.75) is 92.2 Å². The van der Waals surface area contributed by atoms with Crippen LogP contribution >= 0.6 is 24.8 Å². The van der Waals surface area contributed by atoms with Crippen LogP contribution in [0.1, 0.15) is 83.6 Å². The van der Waals surface area contributed by atoms with Crippen molar-refractivity contribution < 1.29 is 26.2 Å². The summed E-state index contributed by atoms with van der Waals surface area (Å²) in [5.41, 5.74) is 11.2. The fraction of sp³-hybridized carbons (Fsp3) is 0.318. The molecule has 0 spiro atoms. The third-order valence-electron chi connectivity index (χ3n) is 8.46. The van der Waals surface area contributed by atoms with Crippen LogP contribution in [0.2, 0.25) is 13.1 Å². The van der Waals surface area contributed by atoms with E-state index >= 15 is 0 Å². The van der Waals surface area contributed by atoms with Crippen molar-refractivity contribution in [3.8, 4) is 22.3 Å². The molecule has 0 atom stereocenters. The zero-order chi connectivity index (χ0) is 32.9. The molecule has 48 heavy (non-hydrogen) atoms. The Balaban J connectivity index is 0.000000421. The van der Waals surface area contributed by atoms with Gasteiger partial charge in [-0.25, -0.2) is 0 Å². The second-order valence-electron chi connectivity index (χ2n) is 14.7. The Morgan fingerprint density at radius 1 is 0.562 bits per heavy atom. The Hall–Kier alpha value is -2.22. The molecule has 0 aromatic heterocycles. The Morgan fingerprint density at radius 3 is 1.31 bits per heavy atom. The Kier molecular flexibility index (Phi) is 17.0. The molecule has 0 aliphatic heterocycles. The van der Waals surface area contributed by atoms with Gasteiger partial charge >= 0.3 is 26.2 Å². The molecule has 2 radical (unpaired) electrons. The van der Waals surface area contributed by atoms with Gasteiger partial charge in [-0.1, -0.05) is 147 Å². The number of fused-ring (bicyclic) bond motifs is 2. The Morgan fingerprint density at radius 2 is 0.938 bits per heavy atom. The van der Waals surface area contributed by atoms with Crippen molar-refractivity contribution in [3.05, 3.63) is 131 Å². The van der Waals surface area contributed by atoms with Gasteiger partial charge in [-0.3, -0.25) is 0 Å². The molecular weight excluding hydrogens is 719 g/mol. The van der Waals surface area contributed by atoms with Crippen molar-refractivity contribution >= 4 is 55.9 Å². The molecular formula is C44H54Cl2SiZr. The second-order valence-corrected chi connectivity index (χ2v) is 15.7. The summed E-state index contributed by atoms with van der Waals surface area (Å²) in [5.74, 6) is 0.573. The Bertz CT molecular complexity index is 1830. The van der Waals surface area contributed by atoms with E-state index in [1.54, 1.807) is 0 Å². The minimum absolute atomic E-state index is 0. The average molecular weight is 773 g/mol. The largest absolute Gasteiger partial charge is 2.00 e. The first-order valence-corrected chi connectivity index (χ1v) is 18.4. The zero-order valence-corrected chi connectivity index (χ0v) is 35.9. The third-order valence-corrected chi connectivity index (χ3v) is 8.46. The van der Waals surface area contributed by atoms with Crippen LogP contribution in [-0.4, -0.2) is 9.52 Å². The number of hydrogen-bond acceptors (Lipinski definition) is 0. The van der Waals surface area contributed by atoms with Crippen LogP contribution in [0.5, 0.6) is 0 Å². The van der Waals surface area contributed by atoms with Crippen LogP contribution in [0.3, 0.4) is 0 Å². The van der Waals surface area contributed by atoms with E-state index in [0.717, 1.165) is 9.52 Å². The van der Waals surface area contributed by atoms with Crippen LogP contribution in [0.15, 0.2) is 109 Å². The predicted molar refractivity (Wildman–Crippen MR) is 218 cm³/mol. The van der Waals surface area contributed by atoms with E-state index in [2.05, 4.69) is 185 Å². The van der Waals surface area contributed by atoms with Crippen molar-refractivity contribution in [1.82, 2.24) is 0 Å². The van der Waals surface area contributed by atoms with Crippen LogP contribution in [-0.2, 0) is 37.0 Å². The molecule has 0 heterocycles. The number of aryl methyl sites for hydroxylation is 1. The molecule has 0 amide bonds. The molecule has 0 nitrogen and oxygen atoms in total. The van der Waals surface area contributed by atoms with E-state index < -0.39 is 0 Å². The van der Waals surface area contributed by atoms with E-state index in [-0.39, 0.29) is 61.8 Å². The van der Waals surface area contributed by atoms with Gasteiger partial charge in [-0.05, 0) is 39.0 Å². The maximum absolute atomic E-state index is 2.35. The molecule has 4 heteroatoms. The molecule has 0 saturated carbocycles. The maximum atomic E-state index is 2.35. The van der Waals surface area contributed by atoms with Gasteiger partial charge in [-0.2, -0.15) is 12.1 Å². The first-order chi connectivity index (χ1) is 21.2. The summed E-state index contributed by atoms with van der Waals surface area (Å²) < 4.78 is 0. The van der Waals surface area contributed by atoms with Crippen LogP contribution in [0.4, 0.5) is 0 Å². The average Bonchev–Trinajstić information content (AvgIpc) is 3.60. The summed E-state index contributed by atoms with van der Waals surface area (Å²) in [6.07, 6.45) is 0. The minimum Gasteiger partial charge on any atom is -0.165 e. The summed E-state index contributed by atoms with van der Waals surface area (Å²) in [7, 11) is 1.08.